The van der Waals surface area contributed by atoms with E-state index >= 15 is 0 Å². The van der Waals surface area contributed by atoms with Crippen molar-refractivity contribution in [2.45, 2.75) is 6.92 Å². The van der Waals surface area contributed by atoms with E-state index in [9.17, 15) is 9.90 Å². The molecule has 0 saturated carbocycles. The van der Waals surface area contributed by atoms with Crippen LogP contribution in [-0.2, 0) is 7.05 Å². The van der Waals surface area contributed by atoms with Gasteiger partial charge in [-0.3, -0.25) is 4.79 Å². The van der Waals surface area contributed by atoms with Crippen LogP contribution in [0, 0.1) is 6.92 Å². The Morgan fingerprint density at radius 3 is 2.44 bits per heavy atom. The van der Waals surface area contributed by atoms with Crippen LogP contribution in [0.1, 0.15) is 5.56 Å². The molecule has 16 heavy (non-hydrogen) atoms. The van der Waals surface area contributed by atoms with Crippen molar-refractivity contribution in [2.24, 2.45) is 7.05 Å². The standard InChI is InChI=1S/C13H13NO2/c1-9-3-4-10(7-12(9)15)11-5-6-13(16)14(2)8-11/h3-8,15H,1-2H3. The molecule has 1 heterocycles. The Balaban J connectivity index is 2.54. The minimum atomic E-state index is -0.0416. The average molecular weight is 215 g/mol. The van der Waals surface area contributed by atoms with Crippen LogP contribution in [0.15, 0.2) is 41.3 Å². The summed E-state index contributed by atoms with van der Waals surface area (Å²) in [7, 11) is 1.71. The molecule has 3 heteroatoms. The van der Waals surface area contributed by atoms with Gasteiger partial charge in [-0.2, -0.15) is 0 Å². The number of aryl methyl sites for hydroxylation is 2. The van der Waals surface area contributed by atoms with E-state index in [1.807, 2.05) is 19.1 Å². The number of nitrogens with zero attached hydrogens (tertiary/aromatic N) is 1. The van der Waals surface area contributed by atoms with Crippen LogP contribution in [0.2, 0.25) is 0 Å². The lowest BCUT2D eigenvalue weighted by molar-refractivity contribution is 0.471. The maximum atomic E-state index is 11.2. The monoisotopic (exact) mass is 215 g/mol. The zero-order valence-corrected chi connectivity index (χ0v) is 9.27. The van der Waals surface area contributed by atoms with Crippen LogP contribution in [0.25, 0.3) is 11.1 Å². The van der Waals surface area contributed by atoms with Crippen LogP contribution in [0.5, 0.6) is 5.75 Å². The second-order valence-corrected chi connectivity index (χ2v) is 3.87. The topological polar surface area (TPSA) is 42.2 Å². The molecule has 0 aliphatic carbocycles. The highest BCUT2D eigenvalue weighted by Gasteiger charge is 2.02. The van der Waals surface area contributed by atoms with Crippen LogP contribution >= 0.6 is 0 Å². The molecule has 0 saturated heterocycles. The lowest BCUT2D eigenvalue weighted by atomic mass is 10.1. The molecule has 1 aromatic heterocycles. The second kappa shape index (κ2) is 3.85. The fourth-order valence-corrected chi connectivity index (χ4v) is 1.55. The highest BCUT2D eigenvalue weighted by Crippen LogP contribution is 2.24. The van der Waals surface area contributed by atoms with Crippen molar-refractivity contribution in [3.8, 4) is 16.9 Å². The molecule has 82 valence electrons. The molecule has 3 nitrogen and oxygen atoms in total. The fourth-order valence-electron chi connectivity index (χ4n) is 1.55. The van der Waals surface area contributed by atoms with Crippen LogP contribution in [0.3, 0.4) is 0 Å². The first-order valence-electron chi connectivity index (χ1n) is 5.04. The van der Waals surface area contributed by atoms with Gasteiger partial charge in [0.1, 0.15) is 5.75 Å². The third kappa shape index (κ3) is 1.84. The first-order chi connectivity index (χ1) is 7.58. The Bertz CT molecular complexity index is 585. The highest BCUT2D eigenvalue weighted by atomic mass is 16.3. The van der Waals surface area contributed by atoms with E-state index in [0.29, 0.717) is 0 Å². The van der Waals surface area contributed by atoms with Gasteiger partial charge in [0.25, 0.3) is 0 Å². The molecular weight excluding hydrogens is 202 g/mol. The van der Waals surface area contributed by atoms with Crippen LogP contribution < -0.4 is 5.56 Å². The molecule has 0 unspecified atom stereocenters. The van der Waals surface area contributed by atoms with Crippen molar-refractivity contribution >= 4 is 0 Å². The molecule has 0 amide bonds. The molecular formula is C13H13NO2. The normalized spacial score (nSPS) is 10.4. The van der Waals surface area contributed by atoms with Crippen molar-refractivity contribution in [3.05, 3.63) is 52.4 Å². The summed E-state index contributed by atoms with van der Waals surface area (Å²) in [5, 5.41) is 9.62. The quantitative estimate of drug-likeness (QED) is 0.791. The summed E-state index contributed by atoms with van der Waals surface area (Å²) < 4.78 is 1.52. The van der Waals surface area contributed by atoms with E-state index in [1.165, 1.54) is 10.6 Å². The first-order valence-corrected chi connectivity index (χ1v) is 5.04. The Kier molecular flexibility index (Phi) is 2.52. The summed E-state index contributed by atoms with van der Waals surface area (Å²) in [6.07, 6.45) is 1.76. The summed E-state index contributed by atoms with van der Waals surface area (Å²) in [4.78, 5) is 11.2. The minimum absolute atomic E-state index is 0.0416. The Morgan fingerprint density at radius 1 is 1.12 bits per heavy atom. The fraction of sp³-hybridized carbons (Fsp3) is 0.154. The van der Waals surface area contributed by atoms with Gasteiger partial charge in [-0.25, -0.2) is 0 Å². The molecule has 2 rings (SSSR count). The van der Waals surface area contributed by atoms with E-state index in [-0.39, 0.29) is 11.3 Å². The summed E-state index contributed by atoms with van der Waals surface area (Å²) in [6.45, 7) is 1.85. The molecule has 0 fully saturated rings. The van der Waals surface area contributed by atoms with Crippen molar-refractivity contribution in [3.63, 3.8) is 0 Å². The summed E-state index contributed by atoms with van der Waals surface area (Å²) >= 11 is 0. The smallest absolute Gasteiger partial charge is 0.250 e. The number of aromatic nitrogens is 1. The Hall–Kier alpha value is -2.03. The van der Waals surface area contributed by atoms with E-state index in [1.54, 1.807) is 25.4 Å². The van der Waals surface area contributed by atoms with Gasteiger partial charge in [0, 0.05) is 19.3 Å². The number of hydrogen-bond acceptors (Lipinski definition) is 2. The molecule has 0 radical (unpaired) electrons. The number of phenols is 1. The van der Waals surface area contributed by atoms with Gasteiger partial charge < -0.3 is 9.67 Å². The van der Waals surface area contributed by atoms with Gasteiger partial charge in [-0.1, -0.05) is 12.1 Å². The largest absolute Gasteiger partial charge is 0.508 e. The van der Waals surface area contributed by atoms with Crippen molar-refractivity contribution in [2.75, 3.05) is 0 Å². The molecule has 0 aliphatic rings. The zero-order valence-electron chi connectivity index (χ0n) is 9.27. The molecule has 1 aromatic carbocycles. The van der Waals surface area contributed by atoms with Gasteiger partial charge in [-0.15, -0.1) is 0 Å². The van der Waals surface area contributed by atoms with Crippen molar-refractivity contribution < 1.29 is 5.11 Å². The Morgan fingerprint density at radius 2 is 1.81 bits per heavy atom. The minimum Gasteiger partial charge on any atom is -0.508 e. The molecule has 0 spiro atoms. The maximum Gasteiger partial charge on any atom is 0.250 e. The number of hydrogen-bond donors (Lipinski definition) is 1. The third-order valence-corrected chi connectivity index (χ3v) is 2.63. The highest BCUT2D eigenvalue weighted by molar-refractivity contribution is 5.64. The summed E-state index contributed by atoms with van der Waals surface area (Å²) in [6, 6.07) is 8.76. The van der Waals surface area contributed by atoms with Gasteiger partial charge >= 0.3 is 0 Å². The van der Waals surface area contributed by atoms with E-state index in [2.05, 4.69) is 0 Å². The number of phenolic OH excluding ortho intramolecular Hbond substituents is 1. The van der Waals surface area contributed by atoms with Crippen LogP contribution in [-0.4, -0.2) is 9.67 Å². The van der Waals surface area contributed by atoms with Crippen LogP contribution in [0.4, 0.5) is 0 Å². The van der Waals surface area contributed by atoms with E-state index in [0.717, 1.165) is 16.7 Å². The number of rotatable bonds is 1. The zero-order chi connectivity index (χ0) is 11.7. The van der Waals surface area contributed by atoms with E-state index in [4.69, 9.17) is 0 Å². The number of benzene rings is 1. The summed E-state index contributed by atoms with van der Waals surface area (Å²) in [5.74, 6) is 0.270. The van der Waals surface area contributed by atoms with Gasteiger partial charge in [0.05, 0.1) is 0 Å². The summed E-state index contributed by atoms with van der Waals surface area (Å²) in [5.41, 5.74) is 2.62. The van der Waals surface area contributed by atoms with Gasteiger partial charge in [0.15, 0.2) is 0 Å². The second-order valence-electron chi connectivity index (χ2n) is 3.87. The molecule has 1 N–H and O–H groups in total. The SMILES string of the molecule is Cc1ccc(-c2ccc(=O)n(C)c2)cc1O. The van der Waals surface area contributed by atoms with Gasteiger partial charge in [-0.05, 0) is 35.7 Å². The molecule has 2 aromatic rings. The molecule has 0 bridgehead atoms. The molecule has 0 aliphatic heterocycles. The third-order valence-electron chi connectivity index (χ3n) is 2.63. The van der Waals surface area contributed by atoms with Crippen molar-refractivity contribution in [1.82, 2.24) is 4.57 Å². The Labute approximate surface area is 93.6 Å². The van der Waals surface area contributed by atoms with Crippen molar-refractivity contribution in [1.29, 1.82) is 0 Å². The van der Waals surface area contributed by atoms with E-state index < -0.39 is 0 Å². The molecule has 0 atom stereocenters. The predicted molar refractivity (Wildman–Crippen MR) is 63.5 cm³/mol. The lowest BCUT2D eigenvalue weighted by Crippen LogP contribution is -2.13. The lowest BCUT2D eigenvalue weighted by Gasteiger charge is -2.05. The average Bonchev–Trinajstić information content (AvgIpc) is 2.26. The number of pyridine rings is 1. The maximum absolute atomic E-state index is 11.2. The first kappa shape index (κ1) is 10.5. The predicted octanol–water partition coefficient (Wildman–Crippen LogP) is 2.07. The van der Waals surface area contributed by atoms with Gasteiger partial charge in [0.2, 0.25) is 5.56 Å². The number of aromatic hydroxyl groups is 1.